The maximum atomic E-state index is 13.6. The third-order valence-corrected chi connectivity index (χ3v) is 6.56. The summed E-state index contributed by atoms with van der Waals surface area (Å²) in [5.41, 5.74) is 5.15. The van der Waals surface area contributed by atoms with E-state index in [0.717, 1.165) is 27.8 Å². The lowest BCUT2D eigenvalue weighted by atomic mass is 9.78. The maximum absolute atomic E-state index is 13.6. The fraction of sp³-hybridized carbons (Fsp3) is 0.323. The molecule has 2 aromatic carbocycles. The number of phenols is 1. The van der Waals surface area contributed by atoms with Gasteiger partial charge in [-0.2, -0.15) is 0 Å². The van der Waals surface area contributed by atoms with Gasteiger partial charge in [-0.3, -0.25) is 9.20 Å². The first-order valence-electron chi connectivity index (χ1n) is 12.3. The first-order chi connectivity index (χ1) is 17.2. The number of ketones is 1. The van der Waals surface area contributed by atoms with Gasteiger partial charge in [-0.1, -0.05) is 59.7 Å². The molecule has 0 aliphatic heterocycles. The Bertz CT molecular complexity index is 1480. The summed E-state index contributed by atoms with van der Waals surface area (Å²) in [6.07, 6.45) is 1.90. The number of hydrogen-bond acceptors (Lipinski definition) is 5. The quantitative estimate of drug-likeness (QED) is 0.252. The van der Waals surface area contributed by atoms with Gasteiger partial charge in [0.05, 0.1) is 23.9 Å². The molecule has 6 nitrogen and oxygen atoms in total. The van der Waals surface area contributed by atoms with E-state index in [2.05, 4.69) is 41.5 Å². The first-order valence-corrected chi connectivity index (χ1v) is 12.3. The second-order valence-corrected chi connectivity index (χ2v) is 11.6. The van der Waals surface area contributed by atoms with Crippen molar-refractivity contribution in [3.63, 3.8) is 0 Å². The van der Waals surface area contributed by atoms with Crippen LogP contribution in [0.1, 0.15) is 84.8 Å². The molecule has 4 aromatic rings. The Balaban J connectivity index is 1.94. The van der Waals surface area contributed by atoms with Gasteiger partial charge in [0, 0.05) is 28.5 Å². The molecule has 192 valence electrons. The minimum absolute atomic E-state index is 0.255. The topological polar surface area (TPSA) is 80.9 Å². The highest BCUT2D eigenvalue weighted by Crippen LogP contribution is 2.42. The number of aromatic nitrogens is 2. The van der Waals surface area contributed by atoms with Crippen molar-refractivity contribution in [2.24, 2.45) is 0 Å². The van der Waals surface area contributed by atoms with Crippen molar-refractivity contribution in [1.82, 2.24) is 9.38 Å². The number of carbonyl (C=O) groups excluding carboxylic acids is 2. The van der Waals surface area contributed by atoms with E-state index in [-0.39, 0.29) is 22.4 Å². The van der Waals surface area contributed by atoms with Crippen LogP contribution < -0.4 is 0 Å². The minimum Gasteiger partial charge on any atom is -0.507 e. The van der Waals surface area contributed by atoms with Gasteiger partial charge >= 0.3 is 5.97 Å². The van der Waals surface area contributed by atoms with E-state index < -0.39 is 5.97 Å². The van der Waals surface area contributed by atoms with Gasteiger partial charge < -0.3 is 9.84 Å². The lowest BCUT2D eigenvalue weighted by Crippen LogP contribution is -2.17. The third-order valence-electron chi connectivity index (χ3n) is 6.56. The number of rotatable bonds is 4. The van der Waals surface area contributed by atoms with Gasteiger partial charge in [0.2, 0.25) is 5.78 Å². The van der Waals surface area contributed by atoms with Gasteiger partial charge in [-0.15, -0.1) is 0 Å². The van der Waals surface area contributed by atoms with Crippen molar-refractivity contribution >= 4 is 17.3 Å². The molecule has 2 aromatic heterocycles. The molecule has 1 N–H and O–H groups in total. The van der Waals surface area contributed by atoms with Gasteiger partial charge in [0.15, 0.2) is 5.82 Å². The predicted molar refractivity (Wildman–Crippen MR) is 146 cm³/mol. The zero-order valence-corrected chi connectivity index (χ0v) is 22.8. The number of benzene rings is 2. The van der Waals surface area contributed by atoms with Gasteiger partial charge in [-0.05, 0) is 53.6 Å². The highest BCUT2D eigenvalue weighted by molar-refractivity contribution is 6.08. The van der Waals surface area contributed by atoms with Crippen LogP contribution in [0.5, 0.6) is 5.75 Å². The SMILES string of the molecule is COC(=O)c1ccc(C(=O)c2nc(-c3cc(C(C)(C)C)c(O)c(C(C)(C)C)c3)c3ccc(C)cn23)cc1. The summed E-state index contributed by atoms with van der Waals surface area (Å²) in [6.45, 7) is 14.4. The Morgan fingerprint density at radius 3 is 1.92 bits per heavy atom. The summed E-state index contributed by atoms with van der Waals surface area (Å²) >= 11 is 0. The number of ether oxygens (including phenoxy) is 1. The fourth-order valence-corrected chi connectivity index (χ4v) is 4.48. The number of esters is 1. The van der Waals surface area contributed by atoms with Crippen LogP contribution in [0.25, 0.3) is 16.8 Å². The number of phenolic OH excluding ortho intramolecular Hbond substituents is 1. The van der Waals surface area contributed by atoms with Crippen LogP contribution in [-0.2, 0) is 15.6 Å². The molecule has 2 heterocycles. The maximum Gasteiger partial charge on any atom is 0.337 e. The minimum atomic E-state index is -0.459. The smallest absolute Gasteiger partial charge is 0.337 e. The predicted octanol–water partition coefficient (Wildman–Crippen LogP) is 6.63. The van der Waals surface area contributed by atoms with E-state index >= 15 is 0 Å². The fourth-order valence-electron chi connectivity index (χ4n) is 4.48. The van der Waals surface area contributed by atoms with Crippen molar-refractivity contribution in [3.05, 3.63) is 88.4 Å². The van der Waals surface area contributed by atoms with Gasteiger partial charge in [0.1, 0.15) is 5.75 Å². The summed E-state index contributed by atoms with van der Waals surface area (Å²) in [5, 5.41) is 11.2. The molecule has 0 amide bonds. The number of nitrogens with zero attached hydrogens (tertiary/aromatic N) is 2. The lowest BCUT2D eigenvalue weighted by molar-refractivity contribution is 0.0600. The van der Waals surface area contributed by atoms with E-state index in [1.807, 2.05) is 41.8 Å². The standard InChI is InChI=1S/C31H34N2O4/c1-18-9-14-24-25(21-15-22(30(2,3)4)27(35)23(16-21)31(5,6)7)32-28(33(24)17-18)26(34)19-10-12-20(13-11-19)29(36)37-8/h9-17,35H,1-8H3. The average Bonchev–Trinajstić information content (AvgIpc) is 3.20. The Labute approximate surface area is 217 Å². The Kier molecular flexibility index (Phi) is 6.49. The Hall–Kier alpha value is -3.93. The van der Waals surface area contributed by atoms with Crippen LogP contribution in [0.2, 0.25) is 0 Å². The van der Waals surface area contributed by atoms with Crippen molar-refractivity contribution in [2.45, 2.75) is 59.3 Å². The normalized spacial score (nSPS) is 12.1. The van der Waals surface area contributed by atoms with Crippen LogP contribution in [0.3, 0.4) is 0 Å². The highest BCUT2D eigenvalue weighted by Gasteiger charge is 2.28. The number of aryl methyl sites for hydroxylation is 1. The van der Waals surface area contributed by atoms with Gasteiger partial charge in [0.25, 0.3) is 0 Å². The van der Waals surface area contributed by atoms with E-state index in [4.69, 9.17) is 9.72 Å². The number of methoxy groups -OCH3 is 1. The molecule has 6 heteroatoms. The largest absolute Gasteiger partial charge is 0.507 e. The Morgan fingerprint density at radius 1 is 0.865 bits per heavy atom. The van der Waals surface area contributed by atoms with Crippen molar-refractivity contribution < 1.29 is 19.4 Å². The third kappa shape index (κ3) is 4.88. The van der Waals surface area contributed by atoms with Crippen LogP contribution in [0.15, 0.2) is 54.7 Å². The molecule has 4 rings (SSSR count). The molecule has 0 radical (unpaired) electrons. The molecule has 37 heavy (non-hydrogen) atoms. The highest BCUT2D eigenvalue weighted by atomic mass is 16.5. The van der Waals surface area contributed by atoms with Crippen molar-refractivity contribution in [3.8, 4) is 17.0 Å². The lowest BCUT2D eigenvalue weighted by Gasteiger charge is -2.28. The number of aromatic hydroxyl groups is 1. The van der Waals surface area contributed by atoms with E-state index in [0.29, 0.717) is 22.6 Å². The van der Waals surface area contributed by atoms with Crippen LogP contribution >= 0.6 is 0 Å². The first kappa shape index (κ1) is 26.1. The number of hydrogen-bond donors (Lipinski definition) is 1. The van der Waals surface area contributed by atoms with Crippen LogP contribution in [0.4, 0.5) is 0 Å². The van der Waals surface area contributed by atoms with Crippen molar-refractivity contribution in [2.75, 3.05) is 7.11 Å². The molecule has 0 atom stereocenters. The molecular weight excluding hydrogens is 464 g/mol. The molecular formula is C31H34N2O4. The van der Waals surface area contributed by atoms with E-state index in [9.17, 15) is 14.7 Å². The van der Waals surface area contributed by atoms with Gasteiger partial charge in [-0.25, -0.2) is 9.78 Å². The van der Waals surface area contributed by atoms with E-state index in [1.54, 1.807) is 24.3 Å². The molecule has 0 aliphatic rings. The molecule has 0 spiro atoms. The molecule has 0 aliphatic carbocycles. The summed E-state index contributed by atoms with van der Waals surface area (Å²) in [6, 6.07) is 14.3. The second kappa shape index (κ2) is 9.18. The van der Waals surface area contributed by atoms with E-state index in [1.165, 1.54) is 7.11 Å². The summed E-state index contributed by atoms with van der Waals surface area (Å²) < 4.78 is 6.58. The number of fused-ring (bicyclic) bond motifs is 1. The van der Waals surface area contributed by atoms with Crippen molar-refractivity contribution in [1.29, 1.82) is 0 Å². The summed E-state index contributed by atoms with van der Waals surface area (Å²) in [4.78, 5) is 30.3. The number of imidazole rings is 1. The number of pyridine rings is 1. The average molecular weight is 499 g/mol. The number of carbonyl (C=O) groups is 2. The summed E-state index contributed by atoms with van der Waals surface area (Å²) in [7, 11) is 1.32. The molecule has 0 fully saturated rings. The second-order valence-electron chi connectivity index (χ2n) is 11.6. The van der Waals surface area contributed by atoms with Crippen LogP contribution in [-0.4, -0.2) is 33.4 Å². The molecule has 0 saturated carbocycles. The molecule has 0 saturated heterocycles. The monoisotopic (exact) mass is 498 g/mol. The zero-order valence-electron chi connectivity index (χ0n) is 22.8. The summed E-state index contributed by atoms with van der Waals surface area (Å²) in [5.74, 6) is -0.138. The zero-order chi connectivity index (χ0) is 27.3. The molecule has 0 bridgehead atoms. The van der Waals surface area contributed by atoms with Crippen LogP contribution in [0, 0.1) is 6.92 Å². The molecule has 0 unspecified atom stereocenters. The Morgan fingerprint density at radius 2 is 1.41 bits per heavy atom.